The number of anilines is 1. The van der Waals surface area contributed by atoms with Crippen molar-refractivity contribution in [3.63, 3.8) is 0 Å². The first-order chi connectivity index (χ1) is 8.38. The number of ether oxygens (including phenoxy) is 1. The molecule has 1 saturated heterocycles. The van der Waals surface area contributed by atoms with Gasteiger partial charge in [-0.1, -0.05) is 13.0 Å². The van der Waals surface area contributed by atoms with E-state index in [9.17, 15) is 0 Å². The smallest absolute Gasteiger partial charge is 0.0725 e. The molecule has 2 heterocycles. The maximum atomic E-state index is 5.48. The van der Waals surface area contributed by atoms with E-state index in [0.717, 1.165) is 32.8 Å². The second-order valence-electron chi connectivity index (χ2n) is 4.91. The first-order valence-corrected chi connectivity index (χ1v) is 6.55. The van der Waals surface area contributed by atoms with Gasteiger partial charge in [0.05, 0.1) is 13.2 Å². The summed E-state index contributed by atoms with van der Waals surface area (Å²) in [6, 6.07) is 7.42. The topological polar surface area (TPSA) is 24.5 Å². The molecule has 0 aromatic heterocycles. The van der Waals surface area contributed by atoms with Crippen LogP contribution in [0, 0.1) is 0 Å². The summed E-state index contributed by atoms with van der Waals surface area (Å²) in [7, 11) is 0. The number of fused-ring (bicyclic) bond motifs is 1. The number of nitrogens with one attached hydrogen (secondary N) is 1. The third-order valence-corrected chi connectivity index (χ3v) is 3.86. The predicted octanol–water partition coefficient (Wildman–Crippen LogP) is 1.91. The van der Waals surface area contributed by atoms with Crippen LogP contribution in [0.2, 0.25) is 0 Å². The molecule has 1 unspecified atom stereocenters. The lowest BCUT2D eigenvalue weighted by molar-refractivity contribution is 0.134. The lowest BCUT2D eigenvalue weighted by Crippen LogP contribution is -2.51. The molecule has 0 radical (unpaired) electrons. The molecule has 1 N–H and O–H groups in total. The van der Waals surface area contributed by atoms with Crippen molar-refractivity contribution in [1.82, 2.24) is 5.32 Å². The summed E-state index contributed by atoms with van der Waals surface area (Å²) in [5.41, 5.74) is 4.09. The summed E-state index contributed by atoms with van der Waals surface area (Å²) in [4.78, 5) is 2.54. The van der Waals surface area contributed by atoms with Gasteiger partial charge in [0.2, 0.25) is 0 Å². The SMILES string of the molecule is CCC1CNCCN1c1ccc2c(c1)COC2. The van der Waals surface area contributed by atoms with Gasteiger partial charge in [0.15, 0.2) is 0 Å². The lowest BCUT2D eigenvalue weighted by atomic mass is 10.1. The van der Waals surface area contributed by atoms with Crippen molar-refractivity contribution in [2.75, 3.05) is 24.5 Å². The second kappa shape index (κ2) is 4.67. The first kappa shape index (κ1) is 11.1. The van der Waals surface area contributed by atoms with Gasteiger partial charge in [-0.15, -0.1) is 0 Å². The average Bonchev–Trinajstić information content (AvgIpc) is 2.85. The van der Waals surface area contributed by atoms with Gasteiger partial charge in [-0.3, -0.25) is 0 Å². The zero-order chi connectivity index (χ0) is 11.7. The van der Waals surface area contributed by atoms with Crippen LogP contribution in [0.1, 0.15) is 24.5 Å². The molecule has 3 heteroatoms. The predicted molar refractivity (Wildman–Crippen MR) is 69.2 cm³/mol. The highest BCUT2D eigenvalue weighted by Crippen LogP contribution is 2.27. The van der Waals surface area contributed by atoms with Crippen LogP contribution in [0.15, 0.2) is 18.2 Å². The highest BCUT2D eigenvalue weighted by atomic mass is 16.5. The molecule has 0 bridgehead atoms. The van der Waals surface area contributed by atoms with E-state index < -0.39 is 0 Å². The molecule has 0 aliphatic carbocycles. The number of piperazine rings is 1. The van der Waals surface area contributed by atoms with E-state index in [1.807, 2.05) is 0 Å². The molecule has 2 aliphatic rings. The van der Waals surface area contributed by atoms with E-state index in [1.165, 1.54) is 23.2 Å². The molecule has 17 heavy (non-hydrogen) atoms. The van der Waals surface area contributed by atoms with Crippen molar-refractivity contribution in [1.29, 1.82) is 0 Å². The Balaban J connectivity index is 1.87. The van der Waals surface area contributed by atoms with Crippen molar-refractivity contribution in [3.8, 4) is 0 Å². The second-order valence-corrected chi connectivity index (χ2v) is 4.91. The maximum Gasteiger partial charge on any atom is 0.0725 e. The van der Waals surface area contributed by atoms with Crippen LogP contribution < -0.4 is 10.2 Å². The lowest BCUT2D eigenvalue weighted by Gasteiger charge is -2.37. The van der Waals surface area contributed by atoms with E-state index >= 15 is 0 Å². The summed E-state index contributed by atoms with van der Waals surface area (Å²) in [6.07, 6.45) is 1.20. The molecule has 1 aromatic rings. The quantitative estimate of drug-likeness (QED) is 0.843. The van der Waals surface area contributed by atoms with Crippen LogP contribution >= 0.6 is 0 Å². The Bertz CT molecular complexity index is 405. The Morgan fingerprint density at radius 1 is 1.35 bits per heavy atom. The average molecular weight is 232 g/mol. The summed E-state index contributed by atoms with van der Waals surface area (Å²) in [5, 5.41) is 3.47. The van der Waals surface area contributed by atoms with E-state index in [-0.39, 0.29) is 0 Å². The van der Waals surface area contributed by atoms with Crippen molar-refractivity contribution in [2.45, 2.75) is 32.6 Å². The Morgan fingerprint density at radius 2 is 2.24 bits per heavy atom. The van der Waals surface area contributed by atoms with Gasteiger partial charge in [0, 0.05) is 31.4 Å². The number of hydrogen-bond acceptors (Lipinski definition) is 3. The van der Waals surface area contributed by atoms with Gasteiger partial charge in [-0.05, 0) is 29.7 Å². The van der Waals surface area contributed by atoms with E-state index in [4.69, 9.17) is 4.74 Å². The molecule has 1 atom stereocenters. The van der Waals surface area contributed by atoms with E-state index in [0.29, 0.717) is 6.04 Å². The molecular weight excluding hydrogens is 212 g/mol. The molecule has 0 saturated carbocycles. The minimum absolute atomic E-state index is 0.629. The van der Waals surface area contributed by atoms with Crippen LogP contribution in [0.25, 0.3) is 0 Å². The molecule has 0 spiro atoms. The van der Waals surface area contributed by atoms with Crippen molar-refractivity contribution < 1.29 is 4.74 Å². The molecule has 92 valence electrons. The molecular formula is C14H20N2O. The van der Waals surface area contributed by atoms with Gasteiger partial charge in [0.25, 0.3) is 0 Å². The largest absolute Gasteiger partial charge is 0.372 e. The highest BCUT2D eigenvalue weighted by molar-refractivity contribution is 5.52. The zero-order valence-electron chi connectivity index (χ0n) is 10.4. The van der Waals surface area contributed by atoms with Crippen molar-refractivity contribution >= 4 is 5.69 Å². The molecule has 1 aromatic carbocycles. The number of nitrogens with zero attached hydrogens (tertiary/aromatic N) is 1. The van der Waals surface area contributed by atoms with Gasteiger partial charge < -0.3 is 15.0 Å². The molecule has 2 aliphatic heterocycles. The molecule has 3 nitrogen and oxygen atoms in total. The fraction of sp³-hybridized carbons (Fsp3) is 0.571. The Hall–Kier alpha value is -1.06. The summed E-state index contributed by atoms with van der Waals surface area (Å²) in [5.74, 6) is 0. The van der Waals surface area contributed by atoms with Crippen LogP contribution in [-0.4, -0.2) is 25.7 Å². The Labute approximate surface area is 103 Å². The number of rotatable bonds is 2. The zero-order valence-corrected chi connectivity index (χ0v) is 10.4. The van der Waals surface area contributed by atoms with Crippen molar-refractivity contribution in [2.24, 2.45) is 0 Å². The van der Waals surface area contributed by atoms with Crippen LogP contribution in [0.3, 0.4) is 0 Å². The van der Waals surface area contributed by atoms with E-state index in [1.54, 1.807) is 0 Å². The normalized spacial score (nSPS) is 23.8. The monoisotopic (exact) mass is 232 g/mol. The fourth-order valence-corrected chi connectivity index (χ4v) is 2.80. The van der Waals surface area contributed by atoms with Gasteiger partial charge >= 0.3 is 0 Å². The van der Waals surface area contributed by atoms with Gasteiger partial charge in [-0.25, -0.2) is 0 Å². The third kappa shape index (κ3) is 2.05. The maximum absolute atomic E-state index is 5.48. The van der Waals surface area contributed by atoms with E-state index in [2.05, 4.69) is 35.3 Å². The van der Waals surface area contributed by atoms with Gasteiger partial charge in [-0.2, -0.15) is 0 Å². The Morgan fingerprint density at radius 3 is 3.12 bits per heavy atom. The minimum atomic E-state index is 0.629. The molecule has 0 amide bonds. The van der Waals surface area contributed by atoms with Crippen molar-refractivity contribution in [3.05, 3.63) is 29.3 Å². The highest BCUT2D eigenvalue weighted by Gasteiger charge is 2.22. The number of hydrogen-bond donors (Lipinski definition) is 1. The first-order valence-electron chi connectivity index (χ1n) is 6.55. The summed E-state index contributed by atoms with van der Waals surface area (Å²) in [6.45, 7) is 7.13. The molecule has 3 rings (SSSR count). The third-order valence-electron chi connectivity index (χ3n) is 3.86. The standard InChI is InChI=1S/C14H20N2O/c1-2-13-8-15-5-6-16(13)14-4-3-11-9-17-10-12(11)7-14/h3-4,7,13,15H,2,5-6,8-10H2,1H3. The summed E-state index contributed by atoms with van der Waals surface area (Å²) < 4.78 is 5.48. The number of benzene rings is 1. The van der Waals surface area contributed by atoms with Gasteiger partial charge in [0.1, 0.15) is 0 Å². The Kier molecular flexibility index (Phi) is 3.04. The molecule has 1 fully saturated rings. The van der Waals surface area contributed by atoms with Crippen LogP contribution in [0.4, 0.5) is 5.69 Å². The van der Waals surface area contributed by atoms with Crippen LogP contribution in [0.5, 0.6) is 0 Å². The summed E-state index contributed by atoms with van der Waals surface area (Å²) >= 11 is 0. The minimum Gasteiger partial charge on any atom is -0.372 e. The fourth-order valence-electron chi connectivity index (χ4n) is 2.80. The van der Waals surface area contributed by atoms with Crippen LogP contribution in [-0.2, 0) is 18.0 Å².